The molecule has 0 saturated carbocycles. The number of likely N-dealkylation sites (N-methyl/N-ethyl adjacent to an activating group) is 2. The lowest BCUT2D eigenvalue weighted by atomic mass is 9.92. The van der Waals surface area contributed by atoms with E-state index in [1.807, 2.05) is 11.0 Å². The van der Waals surface area contributed by atoms with Crippen LogP contribution in [0.1, 0.15) is 43.7 Å². The summed E-state index contributed by atoms with van der Waals surface area (Å²) in [4.78, 5) is 26.4. The molecule has 4 atom stereocenters. The zero-order valence-corrected chi connectivity index (χ0v) is 27.5. The Bertz CT molecular complexity index is 2070. The lowest BCUT2D eigenvalue weighted by molar-refractivity contribution is -0.137. The Morgan fingerprint density at radius 2 is 2.02 bits per heavy atom. The van der Waals surface area contributed by atoms with Crippen LogP contribution in [0.5, 0.6) is 6.01 Å². The van der Waals surface area contributed by atoms with Crippen LogP contribution in [-0.2, 0) is 11.0 Å². The highest BCUT2D eigenvalue weighted by atomic mass is 32.1. The van der Waals surface area contributed by atoms with Crippen molar-refractivity contribution >= 4 is 49.1 Å². The van der Waals surface area contributed by atoms with Crippen molar-refractivity contribution in [2.24, 2.45) is 0 Å². The van der Waals surface area contributed by atoms with Crippen LogP contribution in [0.3, 0.4) is 0 Å². The van der Waals surface area contributed by atoms with Gasteiger partial charge >= 0.3 is 12.2 Å². The third-order valence-electron chi connectivity index (χ3n) is 10.4. The number of amides is 1. The maximum Gasteiger partial charge on any atom is 0.417 e. The molecular formula is C33H31F6N7O2S. The van der Waals surface area contributed by atoms with E-state index in [0.29, 0.717) is 24.3 Å². The van der Waals surface area contributed by atoms with Gasteiger partial charge in [0.2, 0.25) is 5.91 Å². The highest BCUT2D eigenvalue weighted by Gasteiger charge is 2.49. The molecule has 258 valence electrons. The molecule has 0 aliphatic carbocycles. The first-order valence-corrected chi connectivity index (χ1v) is 16.5. The minimum Gasteiger partial charge on any atom is -0.461 e. The highest BCUT2D eigenvalue weighted by Crippen LogP contribution is 2.48. The summed E-state index contributed by atoms with van der Waals surface area (Å²) in [6.07, 6.45) is -4.45. The van der Waals surface area contributed by atoms with Gasteiger partial charge in [-0.15, -0.1) is 11.3 Å². The topological polar surface area (TPSA) is 112 Å². The molecule has 3 aliphatic heterocycles. The van der Waals surface area contributed by atoms with Crippen molar-refractivity contribution in [1.29, 1.82) is 5.26 Å². The number of anilines is 2. The standard InChI is InChI=1S/C33H31F6N7O2S/c1-15-22(10-23(47)44(15)2)45(3)30-18-9-20(33(37,38)39)25(17-5-6-21(35)28-24(17)19(12-40)29(41)49-28)26(36)27(18)42-31(43-30)48-14-32-7-4-8-46(32)13-16(34)11-32/h5-6,9,15-16,22H,4,7-8,10-11,13-14,41H2,1-3H3. The Morgan fingerprint density at radius 1 is 1.27 bits per heavy atom. The number of nitrogen functional groups attached to an aromatic ring is 1. The van der Waals surface area contributed by atoms with Crippen LogP contribution in [0.25, 0.3) is 32.1 Å². The van der Waals surface area contributed by atoms with Crippen molar-refractivity contribution in [2.45, 2.75) is 62.6 Å². The molecule has 7 rings (SSSR count). The van der Waals surface area contributed by atoms with Gasteiger partial charge in [-0.05, 0) is 44.0 Å². The summed E-state index contributed by atoms with van der Waals surface area (Å²) in [6.45, 7) is 2.68. The van der Waals surface area contributed by atoms with E-state index in [-0.39, 0.29) is 81.4 Å². The van der Waals surface area contributed by atoms with Gasteiger partial charge in [0, 0.05) is 55.9 Å². The highest BCUT2D eigenvalue weighted by molar-refractivity contribution is 7.23. The number of carbonyl (C=O) groups excluding carboxylic acids is 1. The van der Waals surface area contributed by atoms with E-state index in [0.717, 1.165) is 24.6 Å². The molecule has 49 heavy (non-hydrogen) atoms. The maximum absolute atomic E-state index is 17.0. The van der Waals surface area contributed by atoms with Crippen molar-refractivity contribution in [3.63, 3.8) is 0 Å². The number of rotatable bonds is 6. The molecule has 2 N–H and O–H groups in total. The van der Waals surface area contributed by atoms with E-state index in [1.165, 1.54) is 9.80 Å². The van der Waals surface area contributed by atoms with Gasteiger partial charge in [0.25, 0.3) is 0 Å². The van der Waals surface area contributed by atoms with E-state index in [2.05, 4.69) is 9.97 Å². The maximum atomic E-state index is 17.0. The number of likely N-dealkylation sites (tertiary alicyclic amines) is 1. The van der Waals surface area contributed by atoms with Gasteiger partial charge in [0.1, 0.15) is 41.0 Å². The van der Waals surface area contributed by atoms with E-state index < -0.39 is 52.2 Å². The Morgan fingerprint density at radius 3 is 2.69 bits per heavy atom. The predicted octanol–water partition coefficient (Wildman–Crippen LogP) is 6.27. The minimum atomic E-state index is -5.13. The molecule has 0 spiro atoms. The van der Waals surface area contributed by atoms with Crippen molar-refractivity contribution in [3.8, 4) is 23.2 Å². The number of aromatic nitrogens is 2. The van der Waals surface area contributed by atoms with Crippen LogP contribution >= 0.6 is 11.3 Å². The average Bonchev–Trinajstić information content (AvgIpc) is 3.76. The number of nitriles is 1. The number of benzene rings is 2. The normalized spacial score (nSPS) is 24.3. The monoisotopic (exact) mass is 703 g/mol. The quantitative estimate of drug-likeness (QED) is 0.234. The first-order valence-electron chi connectivity index (χ1n) is 15.7. The van der Waals surface area contributed by atoms with E-state index >= 15 is 4.39 Å². The van der Waals surface area contributed by atoms with E-state index in [1.54, 1.807) is 21.0 Å². The molecule has 1 amide bonds. The molecule has 4 aromatic rings. The van der Waals surface area contributed by atoms with Crippen LogP contribution in [0.2, 0.25) is 0 Å². The summed E-state index contributed by atoms with van der Waals surface area (Å²) >= 11 is 0.673. The fraction of sp³-hybridized carbons (Fsp3) is 0.455. The number of carbonyl (C=O) groups is 1. The zero-order valence-electron chi connectivity index (χ0n) is 26.7. The van der Waals surface area contributed by atoms with Gasteiger partial charge in [-0.2, -0.15) is 28.4 Å². The zero-order chi connectivity index (χ0) is 35.2. The van der Waals surface area contributed by atoms with Gasteiger partial charge < -0.3 is 20.3 Å². The van der Waals surface area contributed by atoms with Gasteiger partial charge in [-0.3, -0.25) is 9.69 Å². The number of thiophene rings is 1. The molecule has 3 aliphatic rings. The van der Waals surface area contributed by atoms with Gasteiger partial charge in [0.05, 0.1) is 27.4 Å². The molecule has 16 heteroatoms. The lowest BCUT2D eigenvalue weighted by Crippen LogP contribution is -2.43. The Kier molecular flexibility index (Phi) is 7.86. The minimum absolute atomic E-state index is 0.0303. The van der Waals surface area contributed by atoms with Crippen molar-refractivity contribution in [1.82, 2.24) is 19.8 Å². The number of fused-ring (bicyclic) bond motifs is 3. The summed E-state index contributed by atoms with van der Waals surface area (Å²) in [5.74, 6) is -2.52. The first-order chi connectivity index (χ1) is 23.1. The SMILES string of the molecule is CC1C(N(C)c2nc(OCC34CCCN3CC(F)C4)nc3c(F)c(-c4ccc(F)c5sc(N)c(C#N)c45)c(C(F)(F)F)cc23)CC(=O)N1C. The third-order valence-corrected chi connectivity index (χ3v) is 11.4. The summed E-state index contributed by atoms with van der Waals surface area (Å²) < 4.78 is 97.1. The summed E-state index contributed by atoms with van der Waals surface area (Å²) in [7, 11) is 3.17. The number of alkyl halides is 4. The number of hydrogen-bond donors (Lipinski definition) is 1. The lowest BCUT2D eigenvalue weighted by Gasteiger charge is -2.32. The van der Waals surface area contributed by atoms with Crippen molar-refractivity contribution < 1.29 is 35.9 Å². The molecule has 0 radical (unpaired) electrons. The molecule has 3 saturated heterocycles. The molecular weight excluding hydrogens is 672 g/mol. The van der Waals surface area contributed by atoms with Crippen LogP contribution in [0.4, 0.5) is 37.2 Å². The predicted molar refractivity (Wildman–Crippen MR) is 172 cm³/mol. The van der Waals surface area contributed by atoms with Crippen LogP contribution < -0.4 is 15.4 Å². The van der Waals surface area contributed by atoms with Crippen molar-refractivity contribution in [2.75, 3.05) is 44.4 Å². The number of nitrogens with zero attached hydrogens (tertiary/aromatic N) is 6. The second kappa shape index (κ2) is 11.6. The van der Waals surface area contributed by atoms with Gasteiger partial charge in [0.15, 0.2) is 5.82 Å². The van der Waals surface area contributed by atoms with E-state index in [9.17, 15) is 32.0 Å². The average molecular weight is 704 g/mol. The van der Waals surface area contributed by atoms with Crippen LogP contribution in [0, 0.1) is 23.0 Å². The summed E-state index contributed by atoms with van der Waals surface area (Å²) in [6, 6.07) is 3.17. The molecule has 3 fully saturated rings. The molecule has 4 unspecified atom stereocenters. The largest absolute Gasteiger partial charge is 0.461 e. The number of nitrogens with two attached hydrogens (primary N) is 1. The Balaban J connectivity index is 1.47. The molecule has 2 aromatic heterocycles. The molecule has 2 aromatic carbocycles. The Hall–Kier alpha value is -4.36. The summed E-state index contributed by atoms with van der Waals surface area (Å²) in [5, 5.41) is 9.13. The van der Waals surface area contributed by atoms with Crippen molar-refractivity contribution in [3.05, 3.63) is 41.0 Å². The smallest absolute Gasteiger partial charge is 0.417 e. The first kappa shape index (κ1) is 33.2. The van der Waals surface area contributed by atoms with Crippen LogP contribution in [0.15, 0.2) is 18.2 Å². The van der Waals surface area contributed by atoms with Gasteiger partial charge in [-0.25, -0.2) is 13.2 Å². The fourth-order valence-electron chi connectivity index (χ4n) is 7.76. The Labute approximate surface area is 280 Å². The molecule has 0 bridgehead atoms. The number of halogens is 6. The number of hydrogen-bond acceptors (Lipinski definition) is 9. The second-order valence-corrected chi connectivity index (χ2v) is 14.1. The van der Waals surface area contributed by atoms with E-state index in [4.69, 9.17) is 10.5 Å². The molecule has 5 heterocycles. The molecule has 9 nitrogen and oxygen atoms in total. The van der Waals surface area contributed by atoms with Gasteiger partial charge in [-0.1, -0.05) is 6.07 Å². The fourth-order valence-corrected chi connectivity index (χ4v) is 8.71. The summed E-state index contributed by atoms with van der Waals surface area (Å²) in [5.41, 5.74) is 1.78. The second-order valence-electron chi connectivity index (χ2n) is 13.1. The van der Waals surface area contributed by atoms with Crippen LogP contribution in [-0.4, -0.2) is 83.3 Å². The third kappa shape index (κ3) is 5.20. The number of ether oxygens (including phenoxy) is 1.